The second-order valence-corrected chi connectivity index (χ2v) is 11.5. The fourth-order valence-electron chi connectivity index (χ4n) is 3.09. The first kappa shape index (κ1) is 23.9. The maximum Gasteiger partial charge on any atom is 0.325 e. The van der Waals surface area contributed by atoms with E-state index in [-0.39, 0.29) is 17.0 Å². The molecule has 0 aliphatic carbocycles. The van der Waals surface area contributed by atoms with Crippen LogP contribution in [0.3, 0.4) is 0 Å². The van der Waals surface area contributed by atoms with Crippen molar-refractivity contribution in [3.05, 3.63) is 58.4 Å². The molecule has 0 unspecified atom stereocenters. The smallest absolute Gasteiger partial charge is 0.325 e. The number of hydrogen-bond donors (Lipinski definition) is 0. The SMILES string of the molecule is COC(=O)Cn1c(=NC(=O)c2ccc(S(=O)(=O)C(C)C)cc2)sc2cc(C(C)C)ccc21. The number of esters is 1. The van der Waals surface area contributed by atoms with Crippen LogP contribution in [-0.4, -0.2) is 37.2 Å². The molecule has 3 rings (SSSR count). The maximum absolute atomic E-state index is 12.8. The number of methoxy groups -OCH3 is 1. The number of hydrogen-bond acceptors (Lipinski definition) is 6. The lowest BCUT2D eigenvalue weighted by atomic mass is 10.0. The van der Waals surface area contributed by atoms with E-state index in [1.807, 2.05) is 18.2 Å². The molecule has 32 heavy (non-hydrogen) atoms. The largest absolute Gasteiger partial charge is 0.468 e. The molecule has 0 fully saturated rings. The van der Waals surface area contributed by atoms with E-state index in [0.29, 0.717) is 10.7 Å². The van der Waals surface area contributed by atoms with Crippen molar-refractivity contribution in [2.45, 2.75) is 50.3 Å². The molecule has 9 heteroatoms. The Kier molecular flexibility index (Phi) is 7.00. The Bertz CT molecular complexity index is 1330. The summed E-state index contributed by atoms with van der Waals surface area (Å²) in [6.07, 6.45) is 0. The molecule has 0 bridgehead atoms. The Labute approximate surface area is 191 Å². The van der Waals surface area contributed by atoms with E-state index in [2.05, 4.69) is 18.8 Å². The molecule has 0 spiro atoms. The van der Waals surface area contributed by atoms with Gasteiger partial charge in [-0.05, 0) is 61.7 Å². The van der Waals surface area contributed by atoms with Gasteiger partial charge in [-0.15, -0.1) is 0 Å². The number of rotatable bonds is 6. The van der Waals surface area contributed by atoms with Crippen molar-refractivity contribution in [2.75, 3.05) is 7.11 Å². The van der Waals surface area contributed by atoms with Crippen LogP contribution < -0.4 is 4.80 Å². The minimum Gasteiger partial charge on any atom is -0.468 e. The van der Waals surface area contributed by atoms with E-state index in [1.165, 1.54) is 42.7 Å². The van der Waals surface area contributed by atoms with Gasteiger partial charge in [0, 0.05) is 5.56 Å². The number of sulfone groups is 1. The first-order valence-corrected chi connectivity index (χ1v) is 12.5. The third-order valence-electron chi connectivity index (χ3n) is 5.14. The summed E-state index contributed by atoms with van der Waals surface area (Å²) in [5, 5.41) is -0.555. The molecule has 1 amide bonds. The van der Waals surface area contributed by atoms with Crippen molar-refractivity contribution in [3.8, 4) is 0 Å². The lowest BCUT2D eigenvalue weighted by molar-refractivity contribution is -0.141. The van der Waals surface area contributed by atoms with Crippen LogP contribution in [0.25, 0.3) is 10.2 Å². The zero-order valence-electron chi connectivity index (χ0n) is 18.7. The molecular formula is C23H26N2O5S2. The highest BCUT2D eigenvalue weighted by atomic mass is 32.2. The number of amides is 1. The molecule has 0 aliphatic heterocycles. The second-order valence-electron chi connectivity index (χ2n) is 7.96. The van der Waals surface area contributed by atoms with Gasteiger partial charge in [-0.2, -0.15) is 4.99 Å². The van der Waals surface area contributed by atoms with Crippen LogP contribution in [-0.2, 0) is 25.9 Å². The van der Waals surface area contributed by atoms with Crippen molar-refractivity contribution in [2.24, 2.45) is 4.99 Å². The third kappa shape index (κ3) is 4.83. The Morgan fingerprint density at radius 3 is 2.28 bits per heavy atom. The number of ether oxygens (including phenoxy) is 1. The van der Waals surface area contributed by atoms with Gasteiger partial charge < -0.3 is 9.30 Å². The number of nitrogens with zero attached hydrogens (tertiary/aromatic N) is 2. The molecule has 0 saturated carbocycles. The quantitative estimate of drug-likeness (QED) is 0.505. The summed E-state index contributed by atoms with van der Waals surface area (Å²) >= 11 is 1.31. The van der Waals surface area contributed by atoms with Crippen molar-refractivity contribution in [3.63, 3.8) is 0 Å². The molecule has 0 saturated heterocycles. The van der Waals surface area contributed by atoms with Gasteiger partial charge in [0.25, 0.3) is 5.91 Å². The molecule has 0 N–H and O–H groups in total. The van der Waals surface area contributed by atoms with Gasteiger partial charge >= 0.3 is 5.97 Å². The van der Waals surface area contributed by atoms with Crippen molar-refractivity contribution < 1.29 is 22.7 Å². The van der Waals surface area contributed by atoms with Gasteiger partial charge in [0.1, 0.15) is 6.54 Å². The van der Waals surface area contributed by atoms with Crippen molar-refractivity contribution in [1.82, 2.24) is 4.57 Å². The molecule has 170 valence electrons. The first-order valence-electron chi connectivity index (χ1n) is 10.2. The second kappa shape index (κ2) is 9.38. The summed E-state index contributed by atoms with van der Waals surface area (Å²) in [5.74, 6) is -0.638. The minimum atomic E-state index is -3.43. The molecule has 1 aromatic heterocycles. The predicted molar refractivity (Wildman–Crippen MR) is 125 cm³/mol. The predicted octanol–water partition coefficient (Wildman–Crippen LogP) is 3.92. The first-order chi connectivity index (χ1) is 15.0. The standard InChI is InChI=1S/C23H26N2O5S2/c1-14(2)17-8-11-19-20(12-17)31-23(25(19)13-21(26)30-5)24-22(27)16-6-9-18(10-7-16)32(28,29)15(3)4/h6-12,14-15H,13H2,1-5H3. The van der Waals surface area contributed by atoms with Crippen LogP contribution >= 0.6 is 11.3 Å². The minimum absolute atomic E-state index is 0.0742. The summed E-state index contributed by atoms with van der Waals surface area (Å²) in [7, 11) is -2.12. The lowest BCUT2D eigenvalue weighted by Gasteiger charge is -2.08. The Balaban J connectivity index is 2.07. The highest BCUT2D eigenvalue weighted by Gasteiger charge is 2.19. The molecular weight excluding hydrogens is 448 g/mol. The van der Waals surface area contributed by atoms with Gasteiger partial charge in [-0.1, -0.05) is 31.3 Å². The summed E-state index contributed by atoms with van der Waals surface area (Å²) in [4.78, 5) is 29.6. The average Bonchev–Trinajstić information content (AvgIpc) is 3.09. The number of fused-ring (bicyclic) bond motifs is 1. The van der Waals surface area contributed by atoms with Gasteiger partial charge in [0.05, 0.1) is 27.5 Å². The van der Waals surface area contributed by atoms with Gasteiger partial charge in [0.15, 0.2) is 14.6 Å². The van der Waals surface area contributed by atoms with Crippen molar-refractivity contribution >= 4 is 43.3 Å². The van der Waals surface area contributed by atoms with E-state index in [1.54, 1.807) is 18.4 Å². The molecule has 2 aromatic carbocycles. The van der Waals surface area contributed by atoms with Gasteiger partial charge in [0.2, 0.25) is 0 Å². The monoisotopic (exact) mass is 474 g/mol. The maximum atomic E-state index is 12.8. The Hall–Kier alpha value is -2.78. The normalized spacial score (nSPS) is 12.7. The Morgan fingerprint density at radius 1 is 1.06 bits per heavy atom. The van der Waals surface area contributed by atoms with E-state index in [4.69, 9.17) is 4.74 Å². The highest BCUT2D eigenvalue weighted by Crippen LogP contribution is 2.24. The average molecular weight is 475 g/mol. The zero-order chi connectivity index (χ0) is 23.6. The molecule has 7 nitrogen and oxygen atoms in total. The zero-order valence-corrected chi connectivity index (χ0v) is 20.3. The van der Waals surface area contributed by atoms with Crippen LogP contribution in [0, 0.1) is 0 Å². The van der Waals surface area contributed by atoms with Crippen molar-refractivity contribution in [1.29, 1.82) is 0 Å². The molecule has 0 radical (unpaired) electrons. The van der Waals surface area contributed by atoms with Crippen LogP contribution in [0.2, 0.25) is 0 Å². The number of thiazole rings is 1. The number of benzene rings is 2. The van der Waals surface area contributed by atoms with Gasteiger partial charge in [-0.25, -0.2) is 8.42 Å². The highest BCUT2D eigenvalue weighted by molar-refractivity contribution is 7.92. The van der Waals surface area contributed by atoms with E-state index >= 15 is 0 Å². The van der Waals surface area contributed by atoms with E-state index < -0.39 is 27.0 Å². The summed E-state index contributed by atoms with van der Waals surface area (Å²) < 4.78 is 32.0. The van der Waals surface area contributed by atoms with E-state index in [9.17, 15) is 18.0 Å². The summed E-state index contributed by atoms with van der Waals surface area (Å²) in [5.41, 5.74) is 2.19. The number of aromatic nitrogens is 1. The third-order valence-corrected chi connectivity index (χ3v) is 8.35. The lowest BCUT2D eigenvalue weighted by Crippen LogP contribution is -2.22. The fourth-order valence-corrected chi connectivity index (χ4v) is 5.23. The number of carbonyl (C=O) groups is 2. The summed E-state index contributed by atoms with van der Waals surface area (Å²) in [6, 6.07) is 11.7. The van der Waals surface area contributed by atoms with Gasteiger partial charge in [-0.3, -0.25) is 9.59 Å². The van der Waals surface area contributed by atoms with Crippen LogP contribution in [0.1, 0.15) is 49.5 Å². The topological polar surface area (TPSA) is 94.8 Å². The van der Waals surface area contributed by atoms with E-state index in [0.717, 1.165) is 15.8 Å². The summed E-state index contributed by atoms with van der Waals surface area (Å²) in [6.45, 7) is 7.32. The molecule has 0 aliphatic rings. The molecule has 0 atom stereocenters. The molecule has 3 aromatic rings. The number of carbonyl (C=O) groups excluding carboxylic acids is 2. The van der Waals surface area contributed by atoms with Crippen LogP contribution in [0.4, 0.5) is 0 Å². The van der Waals surface area contributed by atoms with Crippen LogP contribution in [0.15, 0.2) is 52.4 Å². The van der Waals surface area contributed by atoms with Crippen LogP contribution in [0.5, 0.6) is 0 Å². The Morgan fingerprint density at radius 2 is 1.72 bits per heavy atom. The molecule has 1 heterocycles. The fraction of sp³-hybridized carbons (Fsp3) is 0.348.